The zero-order valence-electron chi connectivity index (χ0n) is 14.5. The highest BCUT2D eigenvalue weighted by Crippen LogP contribution is 2.36. The van der Waals surface area contributed by atoms with Gasteiger partial charge in [0.15, 0.2) is 5.54 Å². The van der Waals surface area contributed by atoms with Gasteiger partial charge in [0.1, 0.15) is 6.04 Å². The molecular weight excluding hydrogens is 352 g/mol. The quantitative estimate of drug-likeness (QED) is 0.368. The average Bonchev–Trinajstić information content (AvgIpc) is 2.74. The zero-order chi connectivity index (χ0) is 19.5. The van der Waals surface area contributed by atoms with Crippen LogP contribution in [-0.2, 0) is 19.2 Å². The number of aliphatic carboxylic acids is 1. The van der Waals surface area contributed by atoms with E-state index in [1.54, 1.807) is 13.8 Å². The van der Waals surface area contributed by atoms with Crippen LogP contribution in [0.3, 0.4) is 0 Å². The van der Waals surface area contributed by atoms with Crippen LogP contribution in [0.1, 0.15) is 27.7 Å². The smallest absolute Gasteiger partial charge is 0.327 e. The molecule has 1 aliphatic heterocycles. The molecule has 0 aromatic heterocycles. The third kappa shape index (κ3) is 4.31. The summed E-state index contributed by atoms with van der Waals surface area (Å²) in [5.41, 5.74) is -1.92. The van der Waals surface area contributed by atoms with E-state index in [0.29, 0.717) is 11.8 Å². The van der Waals surface area contributed by atoms with Crippen molar-refractivity contribution >= 4 is 34.7 Å². The van der Waals surface area contributed by atoms with Gasteiger partial charge in [-0.3, -0.25) is 14.4 Å². The van der Waals surface area contributed by atoms with Gasteiger partial charge in [0.05, 0.1) is 18.1 Å². The molecular formula is C15H24N2O7S. The van der Waals surface area contributed by atoms with E-state index in [-0.39, 0.29) is 5.75 Å². The first-order valence-electron chi connectivity index (χ1n) is 7.80. The molecule has 9 nitrogen and oxygen atoms in total. The minimum Gasteiger partial charge on any atom is -0.480 e. The first-order chi connectivity index (χ1) is 11.4. The maximum absolute atomic E-state index is 12.8. The molecule has 10 heteroatoms. The minimum atomic E-state index is -1.92. The van der Waals surface area contributed by atoms with Gasteiger partial charge in [-0.05, 0) is 5.92 Å². The number of hydrogen-bond donors (Lipinski definition) is 5. The lowest BCUT2D eigenvalue weighted by Gasteiger charge is -2.37. The van der Waals surface area contributed by atoms with E-state index in [4.69, 9.17) is 5.11 Å². The third-order valence-electron chi connectivity index (χ3n) is 4.18. The molecule has 2 unspecified atom stereocenters. The Kier molecular flexibility index (Phi) is 6.98. The van der Waals surface area contributed by atoms with Crippen LogP contribution >= 0.6 is 11.8 Å². The first kappa shape index (κ1) is 21.4. The van der Waals surface area contributed by atoms with E-state index < -0.39 is 58.5 Å². The van der Waals surface area contributed by atoms with Crippen LogP contribution in [0.5, 0.6) is 0 Å². The summed E-state index contributed by atoms with van der Waals surface area (Å²) in [4.78, 5) is 46.9. The summed E-state index contributed by atoms with van der Waals surface area (Å²) in [5.74, 6) is -4.12. The lowest BCUT2D eigenvalue weighted by Crippen LogP contribution is -2.64. The fraction of sp³-hybridized carbons (Fsp3) is 0.733. The van der Waals surface area contributed by atoms with Crippen LogP contribution < -0.4 is 10.6 Å². The number of carboxylic acid groups (broad SMARTS) is 1. The van der Waals surface area contributed by atoms with Crippen LogP contribution in [0, 0.1) is 11.8 Å². The van der Waals surface area contributed by atoms with Gasteiger partial charge in [-0.1, -0.05) is 32.5 Å². The van der Waals surface area contributed by atoms with Crippen molar-refractivity contribution in [2.75, 3.05) is 5.75 Å². The van der Waals surface area contributed by atoms with Crippen molar-refractivity contribution in [3.8, 4) is 0 Å². The van der Waals surface area contributed by atoms with E-state index in [1.165, 1.54) is 6.92 Å². The van der Waals surface area contributed by atoms with Gasteiger partial charge in [-0.2, -0.15) is 0 Å². The van der Waals surface area contributed by atoms with Crippen molar-refractivity contribution in [3.05, 3.63) is 0 Å². The SMILES string of the molecule is CC(=O)N[C@@H](CSC(=O)C1(C(O)C(C)C)NC(=O)[C@H](C)[C@@H]1O)C(=O)O. The molecule has 0 spiro atoms. The predicted molar refractivity (Wildman–Crippen MR) is 89.6 cm³/mol. The van der Waals surface area contributed by atoms with Crippen molar-refractivity contribution < 1.29 is 34.5 Å². The van der Waals surface area contributed by atoms with Crippen LogP contribution in [0.25, 0.3) is 0 Å². The summed E-state index contributed by atoms with van der Waals surface area (Å²) in [6.07, 6.45) is -2.82. The molecule has 25 heavy (non-hydrogen) atoms. The predicted octanol–water partition coefficient (Wildman–Crippen LogP) is -1.28. The molecule has 0 aromatic carbocycles. The largest absolute Gasteiger partial charge is 0.480 e. The van der Waals surface area contributed by atoms with E-state index in [9.17, 15) is 29.4 Å². The van der Waals surface area contributed by atoms with Crippen molar-refractivity contribution in [2.24, 2.45) is 11.8 Å². The Balaban J connectivity index is 3.04. The summed E-state index contributed by atoms with van der Waals surface area (Å²) in [6, 6.07) is -1.31. The summed E-state index contributed by atoms with van der Waals surface area (Å²) in [5, 5.41) is 33.8. The van der Waals surface area contributed by atoms with Gasteiger partial charge in [-0.15, -0.1) is 0 Å². The van der Waals surface area contributed by atoms with E-state index in [1.807, 2.05) is 0 Å². The van der Waals surface area contributed by atoms with Crippen LogP contribution in [-0.4, -0.2) is 67.8 Å². The standard InChI is InChI=1S/C15H24N2O7S/c1-6(2)10(19)15(11(20)7(3)12(21)17-15)14(24)25-5-9(13(22)23)16-8(4)18/h6-7,9-11,19-20H,5H2,1-4H3,(H,16,18)(H,17,21)(H,22,23)/t7-,9+,10?,11+,15?/m1/s1. The van der Waals surface area contributed by atoms with Crippen LogP contribution in [0.4, 0.5) is 0 Å². The topological polar surface area (TPSA) is 153 Å². The molecule has 5 atom stereocenters. The van der Waals surface area contributed by atoms with Gasteiger partial charge in [-0.25, -0.2) is 4.79 Å². The summed E-state index contributed by atoms with van der Waals surface area (Å²) < 4.78 is 0. The number of hydrogen-bond acceptors (Lipinski definition) is 7. The van der Waals surface area contributed by atoms with Gasteiger partial charge < -0.3 is 26.0 Å². The molecule has 1 aliphatic rings. The molecule has 1 saturated heterocycles. The Morgan fingerprint density at radius 3 is 2.28 bits per heavy atom. The second-order valence-electron chi connectivity index (χ2n) is 6.47. The minimum absolute atomic E-state index is 0.308. The first-order valence-corrected chi connectivity index (χ1v) is 8.79. The molecule has 0 bridgehead atoms. The Morgan fingerprint density at radius 1 is 1.36 bits per heavy atom. The number of carbonyl (C=O) groups excluding carboxylic acids is 3. The van der Waals surface area contributed by atoms with Gasteiger partial charge in [0.25, 0.3) is 0 Å². The van der Waals surface area contributed by atoms with Gasteiger partial charge in [0.2, 0.25) is 16.9 Å². The number of aliphatic hydroxyl groups is 2. The molecule has 2 amide bonds. The molecule has 5 N–H and O–H groups in total. The highest BCUT2D eigenvalue weighted by molar-refractivity contribution is 8.13. The van der Waals surface area contributed by atoms with E-state index in [0.717, 1.165) is 6.92 Å². The third-order valence-corrected chi connectivity index (χ3v) is 5.28. The fourth-order valence-corrected chi connectivity index (χ4v) is 3.77. The normalized spacial score (nSPS) is 28.4. The highest BCUT2D eigenvalue weighted by atomic mass is 32.2. The number of rotatable bonds is 7. The van der Waals surface area contributed by atoms with E-state index >= 15 is 0 Å². The van der Waals surface area contributed by atoms with Gasteiger partial charge in [0, 0.05) is 12.7 Å². The number of amides is 2. The Labute approximate surface area is 149 Å². The molecule has 1 fully saturated rings. The van der Waals surface area contributed by atoms with Gasteiger partial charge >= 0.3 is 5.97 Å². The molecule has 0 saturated carbocycles. The molecule has 1 heterocycles. The maximum atomic E-state index is 12.8. The number of aliphatic hydroxyl groups excluding tert-OH is 2. The average molecular weight is 376 g/mol. The number of carbonyl (C=O) groups is 4. The number of carboxylic acids is 1. The van der Waals surface area contributed by atoms with Crippen LogP contribution in [0.15, 0.2) is 0 Å². The second-order valence-corrected chi connectivity index (χ2v) is 7.46. The van der Waals surface area contributed by atoms with E-state index in [2.05, 4.69) is 10.6 Å². The molecule has 142 valence electrons. The molecule has 1 rings (SSSR count). The lowest BCUT2D eigenvalue weighted by atomic mass is 9.81. The zero-order valence-corrected chi connectivity index (χ0v) is 15.3. The molecule has 0 aromatic rings. The summed E-state index contributed by atoms with van der Waals surface area (Å²) in [6.45, 7) is 5.84. The van der Waals surface area contributed by atoms with Crippen molar-refractivity contribution in [1.82, 2.24) is 10.6 Å². The Bertz CT molecular complexity index is 568. The highest BCUT2D eigenvalue weighted by Gasteiger charge is 2.60. The Hall–Kier alpha value is -1.65. The number of thioether (sulfide) groups is 1. The van der Waals surface area contributed by atoms with Crippen molar-refractivity contribution in [3.63, 3.8) is 0 Å². The summed E-state index contributed by atoms with van der Waals surface area (Å²) >= 11 is 0.535. The second kappa shape index (κ2) is 8.15. The summed E-state index contributed by atoms with van der Waals surface area (Å²) in [7, 11) is 0. The lowest BCUT2D eigenvalue weighted by molar-refractivity contribution is -0.140. The maximum Gasteiger partial charge on any atom is 0.327 e. The Morgan fingerprint density at radius 2 is 1.92 bits per heavy atom. The van der Waals surface area contributed by atoms with Crippen molar-refractivity contribution in [1.29, 1.82) is 0 Å². The molecule has 0 aliphatic carbocycles. The van der Waals surface area contributed by atoms with Crippen molar-refractivity contribution in [2.45, 2.75) is 51.5 Å². The fourth-order valence-electron chi connectivity index (χ4n) is 2.70. The number of nitrogens with one attached hydrogen (secondary N) is 2. The van der Waals surface area contributed by atoms with Crippen LogP contribution in [0.2, 0.25) is 0 Å². The monoisotopic (exact) mass is 376 g/mol. The molecule has 0 radical (unpaired) electrons.